The molecule has 0 saturated carbocycles. The first kappa shape index (κ1) is 127. The van der Waals surface area contributed by atoms with Crippen LogP contribution in [0.25, 0.3) is 18.2 Å². The van der Waals surface area contributed by atoms with Gasteiger partial charge in [0, 0.05) is 102 Å². The first-order chi connectivity index (χ1) is 70.0. The van der Waals surface area contributed by atoms with Crippen LogP contribution in [-0.2, 0) is 80.1 Å². The van der Waals surface area contributed by atoms with Gasteiger partial charge < -0.3 is 81.8 Å². The van der Waals surface area contributed by atoms with Crippen LogP contribution in [0, 0.1) is 67.1 Å². The van der Waals surface area contributed by atoms with Gasteiger partial charge in [0.1, 0.15) is 39.2 Å². The molecule has 6 aromatic rings. The molecule has 7 aliphatic rings. The maximum atomic E-state index is 12.5. The van der Waals surface area contributed by atoms with E-state index in [0.29, 0.717) is 70.6 Å². The van der Waals surface area contributed by atoms with Crippen molar-refractivity contribution in [1.82, 2.24) is 37.2 Å². The van der Waals surface area contributed by atoms with Crippen LogP contribution in [0.1, 0.15) is 285 Å². The van der Waals surface area contributed by atoms with Crippen LogP contribution in [0.2, 0.25) is 0 Å². The van der Waals surface area contributed by atoms with Gasteiger partial charge in [0.2, 0.25) is 5.91 Å². The van der Waals surface area contributed by atoms with E-state index in [0.717, 1.165) is 252 Å². The molecule has 7 saturated heterocycles. The summed E-state index contributed by atoms with van der Waals surface area (Å²) in [5.74, 6) is 1.23. The minimum atomic E-state index is -0.468. The predicted molar refractivity (Wildman–Crippen MR) is 617 cm³/mol. The monoisotopic (exact) mass is 2360 g/mol. The fourth-order valence-corrected chi connectivity index (χ4v) is 21.8. The van der Waals surface area contributed by atoms with Crippen LogP contribution >= 0.6 is 79.6 Å². The van der Waals surface area contributed by atoms with Gasteiger partial charge in [-0.2, -0.15) is 0 Å². The molecule has 7 aliphatic heterocycles. The molecule has 0 aliphatic carbocycles. The average Bonchev–Trinajstić information content (AvgIpc) is 0.813. The van der Waals surface area contributed by atoms with Crippen molar-refractivity contribution >= 4 is 151 Å². The van der Waals surface area contributed by atoms with Gasteiger partial charge in [0.25, 0.3) is 0 Å². The number of nitrogen functional groups attached to an aromatic ring is 1. The molecule has 0 aromatic heterocycles. The molecule has 11 N–H and O–H groups in total. The summed E-state index contributed by atoms with van der Waals surface area (Å²) in [6, 6.07) is 42.8. The van der Waals surface area contributed by atoms with E-state index in [4.69, 9.17) is 44.6 Å². The van der Waals surface area contributed by atoms with E-state index in [9.17, 15) is 38.4 Å². The molecule has 13 rings (SSSR count). The molecule has 818 valence electrons. The summed E-state index contributed by atoms with van der Waals surface area (Å²) in [6.45, 7) is 50.2. The Morgan fingerprint density at radius 3 is 1.10 bits per heavy atom. The van der Waals surface area contributed by atoms with Crippen molar-refractivity contribution in [3.8, 4) is 0 Å². The van der Waals surface area contributed by atoms with Gasteiger partial charge in [-0.05, 0) is 434 Å². The highest BCUT2D eigenvalue weighted by molar-refractivity contribution is 9.11. The third-order valence-electron chi connectivity index (χ3n) is 29.4. The second-order valence-corrected chi connectivity index (χ2v) is 48.2. The van der Waals surface area contributed by atoms with Crippen molar-refractivity contribution in [2.45, 2.75) is 291 Å². The minimum absolute atomic E-state index is 0.0196. The zero-order chi connectivity index (χ0) is 109. The molecular weight excluding hydrogens is 2190 g/mol. The standard InChI is InChI=1S/C17H22BrNO2.2C17H24BrNO2.2C17H22BrNO2.C17H32N2O3.C17H26N2O2/c1-17(2,14-9-11-19-12-10-14)21-16(20)8-5-13-3-6-15(18)7-4-13;1-17(2,15-8-11-19-12-9-15)21-16(20)14-5-3-13(4-6-14)7-10-18;1-17(2,15-7-9-19-10-8-15)21-16(20)11-13-3-5-14(12-18)6-4-13;1-17(2,14-8-10-19-11-9-14)21-16(20)7-6-13-4-3-5-15(18)12-13;1-17(2,14-9-11-19-12-10-14)21-16(20)8-7-13-5-3-4-6-15(13)18;1-12(2)9-13(10-15(18)20)11-16(21)22-17(3,4)14-5-7-19-8-6-14;1-11-9-14(15(18)10-12(11)2)16(20)21-17(3,4)13-5-7-19-8-6-13/h3-8,14,19H,9-12H2,1-2H3;2*3-6,15,19H,7-12H2,1-2H3;3-7,12,14,19H,8-11H2,1-2H3;3-8,14,19H,9-12H2,1-2H3;12-14,19H,5-11H2,1-4H3,(H2,18,20);9-10,13,19H,5-8,18H2,1-4H3/b8-5+;;;7-6+;8-7+;;. The molecular formula is C119H172Br5N9O15. The first-order valence-electron chi connectivity index (χ1n) is 53.3. The van der Waals surface area contributed by atoms with Gasteiger partial charge in [-0.25, -0.2) is 24.0 Å². The number of ether oxygens (including phenoxy) is 7. The summed E-state index contributed by atoms with van der Waals surface area (Å²) in [5.41, 5.74) is 18.4. The Labute approximate surface area is 926 Å². The average molecular weight is 2370 g/mol. The van der Waals surface area contributed by atoms with Gasteiger partial charge in [-0.15, -0.1) is 0 Å². The van der Waals surface area contributed by atoms with E-state index in [1.165, 1.54) is 29.4 Å². The number of carbonyl (C=O) groups is 8. The number of hydrogen-bond donors (Lipinski definition) is 9. The lowest BCUT2D eigenvalue weighted by Gasteiger charge is -2.37. The molecule has 29 heteroatoms. The zero-order valence-corrected chi connectivity index (χ0v) is 99.2. The molecule has 1 atom stereocenters. The van der Waals surface area contributed by atoms with Crippen molar-refractivity contribution < 1.29 is 71.5 Å². The van der Waals surface area contributed by atoms with E-state index >= 15 is 0 Å². The number of halogens is 5. The number of carbonyl (C=O) groups excluding carboxylic acids is 8. The van der Waals surface area contributed by atoms with E-state index in [2.05, 4.69) is 131 Å². The number of primary amides is 1. The Kier molecular flexibility index (Phi) is 54.8. The Morgan fingerprint density at radius 2 is 0.723 bits per heavy atom. The van der Waals surface area contributed by atoms with Gasteiger partial charge in [0.05, 0.1) is 17.5 Å². The van der Waals surface area contributed by atoms with Gasteiger partial charge >= 0.3 is 41.8 Å². The fourth-order valence-electron chi connectivity index (χ4n) is 19.9. The van der Waals surface area contributed by atoms with E-state index in [-0.39, 0.29) is 72.1 Å². The highest BCUT2D eigenvalue weighted by Gasteiger charge is 2.42. The predicted octanol–water partition coefficient (Wildman–Crippen LogP) is 23.4. The normalized spacial score (nSPS) is 17.1. The number of rotatable bonds is 33. The van der Waals surface area contributed by atoms with E-state index in [1.807, 2.05) is 244 Å². The van der Waals surface area contributed by atoms with Crippen LogP contribution < -0.4 is 48.7 Å². The van der Waals surface area contributed by atoms with Crippen molar-refractivity contribution in [2.24, 2.45) is 59.0 Å². The topological polar surface area (TPSA) is 337 Å². The van der Waals surface area contributed by atoms with Crippen LogP contribution in [0.3, 0.4) is 0 Å². The first-order valence-corrected chi connectivity index (χ1v) is 57.9. The highest BCUT2D eigenvalue weighted by atomic mass is 79.9. The van der Waals surface area contributed by atoms with Crippen molar-refractivity contribution in [1.29, 1.82) is 0 Å². The van der Waals surface area contributed by atoms with Crippen LogP contribution in [0.5, 0.6) is 0 Å². The number of benzene rings is 6. The lowest BCUT2D eigenvalue weighted by molar-refractivity contribution is -0.164. The van der Waals surface area contributed by atoms with Gasteiger partial charge in [0.15, 0.2) is 0 Å². The fraction of sp³-hybridized carbons (Fsp3) is 0.580. The summed E-state index contributed by atoms with van der Waals surface area (Å²) in [6.07, 6.45) is 27.2. The second-order valence-electron chi connectivity index (χ2n) is 44.2. The number of nitrogens with one attached hydrogen (secondary N) is 7. The molecule has 1 amide bonds. The van der Waals surface area contributed by atoms with Crippen LogP contribution in [0.15, 0.2) is 165 Å². The molecule has 0 spiro atoms. The van der Waals surface area contributed by atoms with Gasteiger partial charge in [-0.1, -0.05) is 172 Å². The number of alkyl halides is 2. The summed E-state index contributed by atoms with van der Waals surface area (Å²) in [7, 11) is 0. The molecule has 6 aromatic carbocycles. The summed E-state index contributed by atoms with van der Waals surface area (Å²) >= 11 is 17.1. The number of amides is 1. The molecule has 0 bridgehead atoms. The molecule has 7 fully saturated rings. The van der Waals surface area contributed by atoms with E-state index in [1.54, 1.807) is 18.2 Å². The Balaban J connectivity index is 0.000000234. The minimum Gasteiger partial charge on any atom is -0.459 e. The quantitative estimate of drug-likeness (QED) is 0.00607. The number of esters is 7. The molecule has 7 heterocycles. The second kappa shape index (κ2) is 63.8. The zero-order valence-electron chi connectivity index (χ0n) is 91.3. The maximum absolute atomic E-state index is 12.5. The Hall–Kier alpha value is -7.78. The number of piperidine rings is 7. The molecule has 1 unspecified atom stereocenters. The SMILES string of the molecule is CC(C)(OC(=O)/C=C/c1ccc(Br)cc1)C1CCNCC1.CC(C)(OC(=O)/C=C/c1cccc(Br)c1)C1CCNCC1.CC(C)(OC(=O)/C=C/c1ccccc1Br)C1CCNCC1.CC(C)(OC(=O)Cc1ccc(CBr)cc1)C1CCNCC1.CC(C)(OC(=O)c1ccc(CCBr)cc1)C1CCNCC1.CC(C)CC(CC(N)=O)CC(=O)OC(C)(C)C1CCNCC1.Cc1cc(N)c(C(=O)OC(C)(C)C2CCNCC2)cc1C. The lowest BCUT2D eigenvalue weighted by Crippen LogP contribution is -2.43. The Bertz CT molecular complexity index is 5160. The van der Waals surface area contributed by atoms with Crippen LogP contribution in [-0.4, -0.2) is 184 Å². The number of nitrogens with two attached hydrogens (primary N) is 2. The molecule has 24 nitrogen and oxygen atoms in total. The smallest absolute Gasteiger partial charge is 0.340 e. The lowest BCUT2D eigenvalue weighted by atomic mass is 9.83. The van der Waals surface area contributed by atoms with Crippen molar-refractivity contribution in [3.63, 3.8) is 0 Å². The van der Waals surface area contributed by atoms with Crippen molar-refractivity contribution in [2.75, 3.05) is 103 Å². The number of anilines is 1. The highest BCUT2D eigenvalue weighted by Crippen LogP contribution is 2.38. The van der Waals surface area contributed by atoms with Gasteiger partial charge in [-0.3, -0.25) is 14.4 Å². The Morgan fingerprint density at radius 1 is 0.372 bits per heavy atom. The summed E-state index contributed by atoms with van der Waals surface area (Å²) in [4.78, 5) is 96.5. The summed E-state index contributed by atoms with van der Waals surface area (Å²) in [5, 5.41) is 25.1. The van der Waals surface area contributed by atoms with Crippen molar-refractivity contribution in [3.05, 3.63) is 221 Å². The molecule has 148 heavy (non-hydrogen) atoms. The molecule has 0 radical (unpaired) electrons. The number of hydrogen-bond acceptors (Lipinski definition) is 23. The van der Waals surface area contributed by atoms with Crippen LogP contribution in [0.4, 0.5) is 5.69 Å². The maximum Gasteiger partial charge on any atom is 0.340 e. The van der Waals surface area contributed by atoms with E-state index < -0.39 is 33.6 Å². The summed E-state index contributed by atoms with van der Waals surface area (Å²) < 4.78 is 43.1. The third kappa shape index (κ3) is 46.6. The number of aryl methyl sites for hydroxylation is 3. The largest absolute Gasteiger partial charge is 0.459 e. The third-order valence-corrected chi connectivity index (χ3v) is 32.2.